The zero-order valence-electron chi connectivity index (χ0n) is 7.99. The van der Waals surface area contributed by atoms with Crippen LogP contribution in [0.1, 0.15) is 5.56 Å². The number of ether oxygens (including phenoxy) is 1. The van der Waals surface area contributed by atoms with Gasteiger partial charge in [-0.2, -0.15) is 5.26 Å². The predicted octanol–water partition coefficient (Wildman–Crippen LogP) is 2.77. The standard InChI is InChI=1S/C11H7ClN2O/c1-15-10-4-2-3-7-8(5-13)11(12)14-6-9(7)10/h2-4,6H,1H3. The molecule has 0 aliphatic carbocycles. The molecule has 15 heavy (non-hydrogen) atoms. The van der Waals surface area contributed by atoms with Crippen LogP contribution in [-0.2, 0) is 0 Å². The molecule has 0 N–H and O–H groups in total. The van der Waals surface area contributed by atoms with Crippen molar-refractivity contribution in [2.24, 2.45) is 0 Å². The summed E-state index contributed by atoms with van der Waals surface area (Å²) >= 11 is 5.82. The van der Waals surface area contributed by atoms with Crippen LogP contribution in [0.15, 0.2) is 24.4 Å². The van der Waals surface area contributed by atoms with Gasteiger partial charge in [-0.1, -0.05) is 23.7 Å². The van der Waals surface area contributed by atoms with Crippen LogP contribution in [-0.4, -0.2) is 12.1 Å². The summed E-state index contributed by atoms with van der Waals surface area (Å²) in [7, 11) is 1.58. The van der Waals surface area contributed by atoms with Crippen LogP contribution < -0.4 is 4.74 Å². The lowest BCUT2D eigenvalue weighted by Crippen LogP contribution is -1.89. The summed E-state index contributed by atoms with van der Waals surface area (Å²) in [5.41, 5.74) is 0.382. The molecule has 3 nitrogen and oxygen atoms in total. The van der Waals surface area contributed by atoms with Gasteiger partial charge in [0.2, 0.25) is 0 Å². The van der Waals surface area contributed by atoms with E-state index in [0.29, 0.717) is 11.3 Å². The average Bonchev–Trinajstić information content (AvgIpc) is 2.28. The third kappa shape index (κ3) is 1.49. The van der Waals surface area contributed by atoms with E-state index in [0.717, 1.165) is 10.8 Å². The number of hydrogen-bond acceptors (Lipinski definition) is 3. The quantitative estimate of drug-likeness (QED) is 0.692. The van der Waals surface area contributed by atoms with E-state index in [9.17, 15) is 0 Å². The summed E-state index contributed by atoms with van der Waals surface area (Å²) in [6.45, 7) is 0. The maximum absolute atomic E-state index is 8.96. The fourth-order valence-corrected chi connectivity index (χ4v) is 1.67. The number of fused-ring (bicyclic) bond motifs is 1. The van der Waals surface area contributed by atoms with Gasteiger partial charge >= 0.3 is 0 Å². The van der Waals surface area contributed by atoms with Gasteiger partial charge in [0.05, 0.1) is 12.7 Å². The first-order valence-corrected chi connectivity index (χ1v) is 4.67. The number of benzene rings is 1. The molecule has 1 heterocycles. The topological polar surface area (TPSA) is 45.9 Å². The molecule has 1 aromatic heterocycles. The molecule has 0 aliphatic rings. The van der Waals surface area contributed by atoms with Crippen molar-refractivity contribution >= 4 is 22.4 Å². The minimum atomic E-state index is 0.221. The highest BCUT2D eigenvalue weighted by atomic mass is 35.5. The summed E-state index contributed by atoms with van der Waals surface area (Å²) in [4.78, 5) is 3.95. The maximum Gasteiger partial charge on any atom is 0.147 e. The first-order chi connectivity index (χ1) is 7.27. The van der Waals surface area contributed by atoms with E-state index in [4.69, 9.17) is 21.6 Å². The van der Waals surface area contributed by atoms with Crippen LogP contribution in [0.2, 0.25) is 5.15 Å². The minimum absolute atomic E-state index is 0.221. The van der Waals surface area contributed by atoms with E-state index < -0.39 is 0 Å². The molecule has 2 rings (SSSR count). The van der Waals surface area contributed by atoms with E-state index in [2.05, 4.69) is 4.98 Å². The molecule has 0 fully saturated rings. The SMILES string of the molecule is COc1cccc2c(C#N)c(Cl)ncc12. The molecule has 0 amide bonds. The average molecular weight is 219 g/mol. The lowest BCUT2D eigenvalue weighted by Gasteiger charge is -2.06. The second-order valence-electron chi connectivity index (χ2n) is 2.96. The van der Waals surface area contributed by atoms with E-state index >= 15 is 0 Å². The monoisotopic (exact) mass is 218 g/mol. The van der Waals surface area contributed by atoms with Crippen molar-refractivity contribution in [1.29, 1.82) is 5.26 Å². The van der Waals surface area contributed by atoms with Crippen molar-refractivity contribution in [3.8, 4) is 11.8 Å². The zero-order chi connectivity index (χ0) is 10.8. The Balaban J connectivity index is 2.90. The first kappa shape index (κ1) is 9.75. The Bertz CT molecular complexity index is 560. The van der Waals surface area contributed by atoms with Crippen molar-refractivity contribution in [3.05, 3.63) is 35.1 Å². The van der Waals surface area contributed by atoms with Crippen molar-refractivity contribution < 1.29 is 4.74 Å². The van der Waals surface area contributed by atoms with Crippen LogP contribution in [0.4, 0.5) is 0 Å². The molecular formula is C11H7ClN2O. The van der Waals surface area contributed by atoms with Gasteiger partial charge in [0.25, 0.3) is 0 Å². The number of methoxy groups -OCH3 is 1. The van der Waals surface area contributed by atoms with Crippen LogP contribution in [0.3, 0.4) is 0 Å². The highest BCUT2D eigenvalue weighted by Gasteiger charge is 2.09. The molecule has 1 aromatic carbocycles. The summed E-state index contributed by atoms with van der Waals surface area (Å²) in [6, 6.07) is 7.50. The molecule has 0 unspecified atom stereocenters. The number of nitriles is 1. The van der Waals surface area contributed by atoms with Crippen LogP contribution >= 0.6 is 11.6 Å². The molecular weight excluding hydrogens is 212 g/mol. The molecule has 0 bridgehead atoms. The molecule has 74 valence electrons. The lowest BCUT2D eigenvalue weighted by atomic mass is 10.1. The third-order valence-electron chi connectivity index (χ3n) is 2.18. The van der Waals surface area contributed by atoms with Gasteiger partial charge in [0.1, 0.15) is 17.0 Å². The predicted molar refractivity (Wildman–Crippen MR) is 58.0 cm³/mol. The Hall–Kier alpha value is -1.79. The summed E-state index contributed by atoms with van der Waals surface area (Å²) in [6.07, 6.45) is 1.61. The van der Waals surface area contributed by atoms with Crippen LogP contribution in [0.5, 0.6) is 5.75 Å². The number of nitrogens with zero attached hydrogens (tertiary/aromatic N) is 2. The number of rotatable bonds is 1. The number of hydrogen-bond donors (Lipinski definition) is 0. The summed E-state index contributed by atoms with van der Waals surface area (Å²) in [5, 5.41) is 10.7. The van der Waals surface area contributed by atoms with Crippen LogP contribution in [0, 0.1) is 11.3 Å². The minimum Gasteiger partial charge on any atom is -0.496 e. The van der Waals surface area contributed by atoms with Gasteiger partial charge in [-0.25, -0.2) is 4.98 Å². The van der Waals surface area contributed by atoms with Gasteiger partial charge in [-0.05, 0) is 6.07 Å². The Kier molecular flexibility index (Phi) is 2.44. The highest BCUT2D eigenvalue weighted by molar-refractivity contribution is 6.31. The van der Waals surface area contributed by atoms with Crippen molar-refractivity contribution in [2.45, 2.75) is 0 Å². The lowest BCUT2D eigenvalue weighted by molar-refractivity contribution is 0.419. The van der Waals surface area contributed by atoms with Crippen molar-refractivity contribution in [2.75, 3.05) is 7.11 Å². The second-order valence-corrected chi connectivity index (χ2v) is 3.32. The first-order valence-electron chi connectivity index (χ1n) is 4.29. The van der Waals surface area contributed by atoms with Crippen molar-refractivity contribution in [3.63, 3.8) is 0 Å². The number of pyridine rings is 1. The Labute approximate surface area is 91.9 Å². The highest BCUT2D eigenvalue weighted by Crippen LogP contribution is 2.29. The Morgan fingerprint density at radius 1 is 1.40 bits per heavy atom. The third-order valence-corrected chi connectivity index (χ3v) is 2.47. The van der Waals surface area contributed by atoms with E-state index in [1.807, 2.05) is 24.3 Å². The smallest absolute Gasteiger partial charge is 0.147 e. The summed E-state index contributed by atoms with van der Waals surface area (Å²) in [5.74, 6) is 0.688. The Morgan fingerprint density at radius 2 is 2.20 bits per heavy atom. The largest absolute Gasteiger partial charge is 0.496 e. The normalized spacial score (nSPS) is 9.93. The molecule has 0 saturated carbocycles. The number of halogens is 1. The molecule has 0 aliphatic heterocycles. The molecule has 0 saturated heterocycles. The van der Waals surface area contributed by atoms with Crippen molar-refractivity contribution in [1.82, 2.24) is 4.98 Å². The zero-order valence-corrected chi connectivity index (χ0v) is 8.75. The number of aromatic nitrogens is 1. The van der Waals surface area contributed by atoms with E-state index in [-0.39, 0.29) is 5.15 Å². The van der Waals surface area contributed by atoms with Crippen LogP contribution in [0.25, 0.3) is 10.8 Å². The van der Waals surface area contributed by atoms with E-state index in [1.165, 1.54) is 0 Å². The van der Waals surface area contributed by atoms with Gasteiger partial charge in [-0.3, -0.25) is 0 Å². The van der Waals surface area contributed by atoms with Gasteiger partial charge in [0, 0.05) is 17.0 Å². The molecule has 0 atom stereocenters. The molecule has 0 spiro atoms. The molecule has 4 heteroatoms. The second kappa shape index (κ2) is 3.76. The van der Waals surface area contributed by atoms with Gasteiger partial charge < -0.3 is 4.74 Å². The molecule has 2 aromatic rings. The fraction of sp³-hybridized carbons (Fsp3) is 0.0909. The fourth-order valence-electron chi connectivity index (χ4n) is 1.48. The summed E-state index contributed by atoms with van der Waals surface area (Å²) < 4.78 is 5.17. The van der Waals surface area contributed by atoms with E-state index in [1.54, 1.807) is 13.3 Å². The van der Waals surface area contributed by atoms with Gasteiger partial charge in [0.15, 0.2) is 0 Å². The maximum atomic E-state index is 8.96. The van der Waals surface area contributed by atoms with Gasteiger partial charge in [-0.15, -0.1) is 0 Å². The Morgan fingerprint density at radius 3 is 2.87 bits per heavy atom. The molecule has 0 radical (unpaired) electrons.